The molecule has 1 aliphatic heterocycles. The number of methoxy groups -OCH3 is 3. The molecule has 0 saturated heterocycles. The van der Waals surface area contributed by atoms with E-state index in [1.54, 1.807) is 12.1 Å². The first kappa shape index (κ1) is 20.3. The van der Waals surface area contributed by atoms with Crippen LogP contribution in [0, 0.1) is 0 Å². The summed E-state index contributed by atoms with van der Waals surface area (Å²) in [5, 5.41) is 6.07. The van der Waals surface area contributed by atoms with E-state index in [0.29, 0.717) is 34.3 Å². The van der Waals surface area contributed by atoms with Crippen molar-refractivity contribution in [3.05, 3.63) is 54.1 Å². The molecule has 1 aliphatic rings. The summed E-state index contributed by atoms with van der Waals surface area (Å²) >= 11 is 0. The second kappa shape index (κ2) is 8.83. The second-order valence-electron chi connectivity index (χ2n) is 6.76. The highest BCUT2D eigenvalue weighted by Gasteiger charge is 2.27. The maximum absolute atomic E-state index is 12.5. The van der Waals surface area contributed by atoms with Gasteiger partial charge in [0.05, 0.1) is 27.5 Å². The zero-order valence-corrected chi connectivity index (χ0v) is 17.4. The van der Waals surface area contributed by atoms with E-state index >= 15 is 0 Å². The molecule has 0 unspecified atom stereocenters. The van der Waals surface area contributed by atoms with Gasteiger partial charge in [-0.1, -0.05) is 24.3 Å². The molecule has 1 heterocycles. The molecule has 0 aliphatic carbocycles. The van der Waals surface area contributed by atoms with E-state index < -0.39 is 12.0 Å². The van der Waals surface area contributed by atoms with Crippen LogP contribution in [0.4, 0.5) is 0 Å². The van der Waals surface area contributed by atoms with Crippen LogP contribution in [0.5, 0.6) is 28.7 Å². The molecule has 8 nitrogen and oxygen atoms in total. The normalized spacial score (nSPS) is 15.0. The average molecular weight is 422 g/mol. The summed E-state index contributed by atoms with van der Waals surface area (Å²) in [5.74, 6) is 2.18. The van der Waals surface area contributed by atoms with Crippen molar-refractivity contribution in [3.8, 4) is 28.7 Å². The Morgan fingerprint density at radius 3 is 2.26 bits per heavy atom. The molecule has 0 aromatic heterocycles. The molecular weight excluding hydrogens is 400 g/mol. The van der Waals surface area contributed by atoms with Gasteiger partial charge in [0, 0.05) is 5.56 Å². The number of hydrogen-bond donors (Lipinski definition) is 1. The minimum Gasteiger partial charge on any atom is -0.493 e. The molecule has 1 N–H and O–H groups in total. The molecular formula is C23H22N2O6. The van der Waals surface area contributed by atoms with Gasteiger partial charge < -0.3 is 23.7 Å². The molecule has 1 amide bonds. The molecule has 0 radical (unpaired) electrons. The monoisotopic (exact) mass is 422 g/mol. The minimum atomic E-state index is -0.814. The lowest BCUT2D eigenvalue weighted by Gasteiger charge is -2.25. The number of nitrogens with one attached hydrogen (secondary N) is 1. The molecule has 31 heavy (non-hydrogen) atoms. The highest BCUT2D eigenvalue weighted by Crippen LogP contribution is 2.38. The van der Waals surface area contributed by atoms with Crippen molar-refractivity contribution in [1.82, 2.24) is 5.43 Å². The van der Waals surface area contributed by atoms with Gasteiger partial charge in [0.2, 0.25) is 11.9 Å². The Morgan fingerprint density at radius 2 is 1.65 bits per heavy atom. The predicted molar refractivity (Wildman–Crippen MR) is 116 cm³/mol. The number of carbonyl (C=O) groups is 1. The first-order valence-electron chi connectivity index (χ1n) is 9.58. The van der Waals surface area contributed by atoms with Crippen LogP contribution in [0.3, 0.4) is 0 Å². The molecule has 160 valence electrons. The van der Waals surface area contributed by atoms with Crippen molar-refractivity contribution in [3.63, 3.8) is 0 Å². The summed E-state index contributed by atoms with van der Waals surface area (Å²) in [6.07, 6.45) is 0.666. The van der Waals surface area contributed by atoms with Crippen LogP contribution in [0.15, 0.2) is 53.6 Å². The van der Waals surface area contributed by atoms with Crippen molar-refractivity contribution >= 4 is 22.9 Å². The van der Waals surface area contributed by atoms with Crippen LogP contribution in [0.1, 0.15) is 5.56 Å². The number of hydrazone groups is 1. The second-order valence-corrected chi connectivity index (χ2v) is 6.76. The summed E-state index contributed by atoms with van der Waals surface area (Å²) in [5.41, 5.74) is 3.14. The summed E-state index contributed by atoms with van der Waals surface area (Å²) in [7, 11) is 4.59. The number of ether oxygens (including phenoxy) is 5. The van der Waals surface area contributed by atoms with Crippen LogP contribution >= 0.6 is 0 Å². The minimum absolute atomic E-state index is 0.0941. The Labute approximate surface area is 179 Å². The van der Waals surface area contributed by atoms with E-state index in [2.05, 4.69) is 10.5 Å². The number of carbonyl (C=O) groups excluding carboxylic acids is 1. The fourth-order valence-electron chi connectivity index (χ4n) is 3.30. The number of fused-ring (bicyclic) bond motifs is 2. The molecule has 0 fully saturated rings. The standard InChI is InChI=1S/C23H22N2O6/c1-27-19-8-14(9-20(28-2)22(19)29-3)12-24-25-23(26)21-13-30-17-10-15-6-4-5-7-16(15)11-18(17)31-21/h4-12,21H,13H2,1-3H3,(H,25,26)/t21-/m0/s1. The van der Waals surface area contributed by atoms with Crippen molar-refractivity contribution in [2.75, 3.05) is 27.9 Å². The van der Waals surface area contributed by atoms with E-state index in [0.717, 1.165) is 10.8 Å². The first-order chi connectivity index (χ1) is 15.1. The summed E-state index contributed by atoms with van der Waals surface area (Å²) in [6, 6.07) is 15.1. The zero-order valence-electron chi connectivity index (χ0n) is 17.4. The predicted octanol–water partition coefficient (Wildman–Crippen LogP) is 3.16. The van der Waals surface area contributed by atoms with E-state index in [4.69, 9.17) is 23.7 Å². The lowest BCUT2D eigenvalue weighted by molar-refractivity contribution is -0.130. The van der Waals surface area contributed by atoms with E-state index in [-0.39, 0.29) is 6.61 Å². The van der Waals surface area contributed by atoms with Gasteiger partial charge in [-0.05, 0) is 35.0 Å². The Bertz CT molecular complexity index is 1120. The van der Waals surface area contributed by atoms with Gasteiger partial charge in [0.15, 0.2) is 23.0 Å². The lowest BCUT2D eigenvalue weighted by atomic mass is 10.1. The van der Waals surface area contributed by atoms with Gasteiger partial charge >= 0.3 is 0 Å². The number of nitrogens with zero attached hydrogens (tertiary/aromatic N) is 1. The smallest absolute Gasteiger partial charge is 0.284 e. The summed E-state index contributed by atoms with van der Waals surface area (Å²) < 4.78 is 27.5. The van der Waals surface area contributed by atoms with Crippen molar-refractivity contribution < 1.29 is 28.5 Å². The molecule has 0 bridgehead atoms. The summed E-state index contributed by atoms with van der Waals surface area (Å²) in [4.78, 5) is 12.5. The van der Waals surface area contributed by atoms with Crippen LogP contribution in [-0.2, 0) is 4.79 Å². The molecule has 3 aromatic carbocycles. The highest BCUT2D eigenvalue weighted by atomic mass is 16.6. The van der Waals surface area contributed by atoms with Gasteiger partial charge in [-0.3, -0.25) is 4.79 Å². The Kier molecular flexibility index (Phi) is 5.79. The Morgan fingerprint density at radius 1 is 1.00 bits per heavy atom. The van der Waals surface area contributed by atoms with Gasteiger partial charge in [-0.2, -0.15) is 5.10 Å². The van der Waals surface area contributed by atoms with Crippen molar-refractivity contribution in [2.45, 2.75) is 6.10 Å². The fraction of sp³-hybridized carbons (Fsp3) is 0.217. The maximum Gasteiger partial charge on any atom is 0.284 e. The fourth-order valence-corrected chi connectivity index (χ4v) is 3.30. The molecule has 0 spiro atoms. The SMILES string of the molecule is COc1cc(C=NNC(=O)[C@@H]2COc3cc4ccccc4cc3O2)cc(OC)c1OC. The van der Waals surface area contributed by atoms with Crippen molar-refractivity contribution in [1.29, 1.82) is 0 Å². The van der Waals surface area contributed by atoms with Crippen LogP contribution in [0.2, 0.25) is 0 Å². The van der Waals surface area contributed by atoms with Gasteiger partial charge in [-0.25, -0.2) is 5.43 Å². The zero-order chi connectivity index (χ0) is 21.8. The highest BCUT2D eigenvalue weighted by molar-refractivity contribution is 5.88. The van der Waals surface area contributed by atoms with E-state index in [1.165, 1.54) is 27.5 Å². The number of benzene rings is 3. The molecule has 3 aromatic rings. The van der Waals surface area contributed by atoms with Gasteiger partial charge in [0.1, 0.15) is 6.61 Å². The largest absolute Gasteiger partial charge is 0.493 e. The first-order valence-corrected chi connectivity index (χ1v) is 9.58. The van der Waals surface area contributed by atoms with Crippen LogP contribution < -0.4 is 29.1 Å². The number of rotatable bonds is 6. The third-order valence-electron chi connectivity index (χ3n) is 4.84. The van der Waals surface area contributed by atoms with E-state index in [1.807, 2.05) is 36.4 Å². The Hall–Kier alpha value is -3.94. The van der Waals surface area contributed by atoms with Crippen LogP contribution in [0.25, 0.3) is 10.8 Å². The molecule has 4 rings (SSSR count). The average Bonchev–Trinajstić information content (AvgIpc) is 2.81. The maximum atomic E-state index is 12.5. The Balaban J connectivity index is 1.45. The molecule has 8 heteroatoms. The third-order valence-corrected chi connectivity index (χ3v) is 4.84. The molecule has 1 atom stereocenters. The van der Waals surface area contributed by atoms with Crippen molar-refractivity contribution in [2.24, 2.45) is 5.10 Å². The quantitative estimate of drug-likeness (QED) is 0.485. The topological polar surface area (TPSA) is 87.6 Å². The number of amides is 1. The van der Waals surface area contributed by atoms with E-state index in [9.17, 15) is 4.79 Å². The van der Waals surface area contributed by atoms with Gasteiger partial charge in [0.25, 0.3) is 5.91 Å². The molecule has 0 saturated carbocycles. The summed E-state index contributed by atoms with van der Waals surface area (Å²) in [6.45, 7) is 0.0941. The van der Waals surface area contributed by atoms with Crippen LogP contribution in [-0.4, -0.2) is 46.2 Å². The number of hydrogen-bond acceptors (Lipinski definition) is 7. The third kappa shape index (κ3) is 4.18. The lowest BCUT2D eigenvalue weighted by Crippen LogP contribution is -2.42. The van der Waals surface area contributed by atoms with Gasteiger partial charge in [-0.15, -0.1) is 0 Å².